The summed E-state index contributed by atoms with van der Waals surface area (Å²) in [5.74, 6) is -0.776. The highest BCUT2D eigenvalue weighted by Crippen LogP contribution is 2.48. The summed E-state index contributed by atoms with van der Waals surface area (Å²) in [4.78, 5) is 31.0. The fourth-order valence-corrected chi connectivity index (χ4v) is 5.00. The van der Waals surface area contributed by atoms with Gasteiger partial charge in [0, 0.05) is 11.1 Å². The van der Waals surface area contributed by atoms with Crippen LogP contribution in [0.25, 0.3) is 10.4 Å². The lowest BCUT2D eigenvalue weighted by atomic mass is 10.1. The van der Waals surface area contributed by atoms with Gasteiger partial charge in [0.15, 0.2) is 6.23 Å². The molecule has 1 aliphatic rings. The number of hydrogen-bond acceptors (Lipinski definition) is 12. The number of carbonyl (C=O) groups is 1. The molecule has 16 nitrogen and oxygen atoms in total. The van der Waals surface area contributed by atoms with E-state index in [9.17, 15) is 29.9 Å². The van der Waals surface area contributed by atoms with E-state index in [2.05, 4.69) is 20.1 Å². The minimum absolute atomic E-state index is 0.0906. The number of esters is 1. The fraction of sp³-hybridized carbons (Fsp3) is 0.500. The number of azide groups is 1. The Hall–Kier alpha value is -3.49. The molecule has 1 fully saturated rings. The third kappa shape index (κ3) is 7.34. The van der Waals surface area contributed by atoms with Crippen LogP contribution in [-0.2, 0) is 23.4 Å². The lowest BCUT2D eigenvalue weighted by Gasteiger charge is -2.30. The Bertz CT molecular complexity index is 1330. The molecule has 17 heteroatoms. The van der Waals surface area contributed by atoms with Crippen LogP contribution in [0, 0.1) is 0 Å². The summed E-state index contributed by atoms with van der Waals surface area (Å²) in [6, 6.07) is 7.87. The van der Waals surface area contributed by atoms with Gasteiger partial charge in [-0.05, 0) is 51.4 Å². The normalized spacial score (nSPS) is 25.2. The number of ether oxygens (including phenoxy) is 2. The summed E-state index contributed by atoms with van der Waals surface area (Å²) in [5, 5.41) is 27.3. The van der Waals surface area contributed by atoms with Gasteiger partial charge in [-0.2, -0.15) is 10.1 Å². The first-order valence-electron chi connectivity index (χ1n) is 11.6. The van der Waals surface area contributed by atoms with Crippen LogP contribution in [0.15, 0.2) is 52.5 Å². The molecule has 0 saturated carbocycles. The topological polar surface area (TPSA) is 233 Å². The molecule has 1 aromatic heterocycles. The minimum atomic E-state index is -4.49. The Morgan fingerprint density at radius 1 is 1.36 bits per heavy atom. The fourth-order valence-electron chi connectivity index (χ4n) is 3.49. The SMILES string of the molecule is C[C@H](NP(=O)(OCC1(N=[N+]=[N-])O[C@@H](n2ccc(N)nc2=O)[C@H](O)[C@@H]1O)Oc1ccccc1)C(=O)OC(C)(C)C. The van der Waals surface area contributed by atoms with Gasteiger partial charge in [-0.15, -0.1) is 0 Å². The Kier molecular flexibility index (Phi) is 9.03. The average Bonchev–Trinajstić information content (AvgIpc) is 3.08. The molecule has 6 atom stereocenters. The van der Waals surface area contributed by atoms with Gasteiger partial charge in [0.1, 0.15) is 35.4 Å². The van der Waals surface area contributed by atoms with Crippen molar-refractivity contribution in [3.63, 3.8) is 0 Å². The number of hydrogen-bond donors (Lipinski definition) is 4. The second-order valence-electron chi connectivity index (χ2n) is 9.58. The van der Waals surface area contributed by atoms with E-state index in [4.69, 9.17) is 24.3 Å². The highest BCUT2D eigenvalue weighted by Gasteiger charge is 2.56. The summed E-state index contributed by atoms with van der Waals surface area (Å²) in [6.07, 6.45) is -4.20. The summed E-state index contributed by atoms with van der Waals surface area (Å²) >= 11 is 0. The number of nitrogens with zero attached hydrogens (tertiary/aromatic N) is 5. The van der Waals surface area contributed by atoms with Gasteiger partial charge in [-0.1, -0.05) is 23.3 Å². The van der Waals surface area contributed by atoms with Gasteiger partial charge in [0.25, 0.3) is 0 Å². The molecule has 1 saturated heterocycles. The standard InChI is InChI=1S/C22H30N7O9P/c1-13(19(32)37-21(2,3)4)26-39(34,38-14-8-6-5-7-9-14)35-12-22(27-28-24)17(31)16(30)18(36-22)29-11-10-15(23)25-20(29)33/h5-11,13,16-18,30-31H,12H2,1-4H3,(H,26,34)(H2,23,25,33)/t13-,16+,17-,18+,22?,39?/m0/s1. The smallest absolute Gasteiger partial charge is 0.459 e. The largest absolute Gasteiger partial charge is 0.459 e. The molecule has 39 heavy (non-hydrogen) atoms. The lowest BCUT2D eigenvalue weighted by Crippen LogP contribution is -2.46. The first-order chi connectivity index (χ1) is 18.2. The van der Waals surface area contributed by atoms with Crippen LogP contribution in [0.2, 0.25) is 0 Å². The van der Waals surface area contributed by atoms with Crippen molar-refractivity contribution in [3.8, 4) is 5.75 Å². The maximum atomic E-state index is 13.8. The lowest BCUT2D eigenvalue weighted by molar-refractivity contribution is -0.156. The molecule has 1 aromatic carbocycles. The maximum absolute atomic E-state index is 13.8. The first-order valence-corrected chi connectivity index (χ1v) is 13.2. The number of nitrogens with two attached hydrogens (primary N) is 1. The number of anilines is 1. The highest BCUT2D eigenvalue weighted by atomic mass is 31.2. The van der Waals surface area contributed by atoms with Crippen LogP contribution in [0.3, 0.4) is 0 Å². The number of carbonyl (C=O) groups excluding carboxylic acids is 1. The molecule has 0 bridgehead atoms. The van der Waals surface area contributed by atoms with E-state index in [1.807, 2.05) is 0 Å². The van der Waals surface area contributed by atoms with E-state index < -0.39 is 61.8 Å². The molecule has 2 aromatic rings. The number of rotatable bonds is 10. The molecule has 0 radical (unpaired) electrons. The third-order valence-corrected chi connectivity index (χ3v) is 6.89. The average molecular weight is 567 g/mol. The Balaban J connectivity index is 1.91. The van der Waals surface area contributed by atoms with Gasteiger partial charge >= 0.3 is 19.4 Å². The molecule has 3 rings (SSSR count). The minimum Gasteiger partial charge on any atom is -0.459 e. The summed E-state index contributed by atoms with van der Waals surface area (Å²) < 4.78 is 36.6. The van der Waals surface area contributed by atoms with Gasteiger partial charge in [-0.25, -0.2) is 9.36 Å². The second-order valence-corrected chi connectivity index (χ2v) is 11.3. The molecule has 0 spiro atoms. The van der Waals surface area contributed by atoms with E-state index in [1.54, 1.807) is 39.0 Å². The molecule has 2 unspecified atom stereocenters. The summed E-state index contributed by atoms with van der Waals surface area (Å²) in [5.41, 5.74) is 10.5. The monoisotopic (exact) mass is 567 g/mol. The number of benzene rings is 1. The summed E-state index contributed by atoms with van der Waals surface area (Å²) in [7, 11) is -4.49. The quantitative estimate of drug-likeness (QED) is 0.105. The van der Waals surface area contributed by atoms with Crippen LogP contribution < -0.4 is 21.0 Å². The van der Waals surface area contributed by atoms with Crippen molar-refractivity contribution in [2.75, 3.05) is 12.3 Å². The van der Waals surface area contributed by atoms with Crippen molar-refractivity contribution >= 4 is 19.5 Å². The van der Waals surface area contributed by atoms with Crippen LogP contribution >= 0.6 is 7.75 Å². The zero-order valence-electron chi connectivity index (χ0n) is 21.6. The van der Waals surface area contributed by atoms with Crippen LogP contribution in [0.5, 0.6) is 5.75 Å². The highest BCUT2D eigenvalue weighted by molar-refractivity contribution is 7.52. The van der Waals surface area contributed by atoms with E-state index in [0.717, 1.165) is 10.8 Å². The van der Waals surface area contributed by atoms with Crippen molar-refractivity contribution in [2.45, 2.75) is 63.5 Å². The Labute approximate surface area is 222 Å². The van der Waals surface area contributed by atoms with Crippen molar-refractivity contribution in [1.29, 1.82) is 0 Å². The van der Waals surface area contributed by atoms with Crippen molar-refractivity contribution in [2.24, 2.45) is 5.11 Å². The van der Waals surface area contributed by atoms with E-state index in [1.165, 1.54) is 25.1 Å². The zero-order chi connectivity index (χ0) is 29.0. The van der Waals surface area contributed by atoms with Crippen LogP contribution in [-0.4, -0.2) is 61.9 Å². The van der Waals surface area contributed by atoms with E-state index >= 15 is 0 Å². The molecule has 1 aliphatic heterocycles. The van der Waals surface area contributed by atoms with E-state index in [-0.39, 0.29) is 11.6 Å². The molecular formula is C22H30N7O9P. The number of nitrogens with one attached hydrogen (secondary N) is 1. The zero-order valence-corrected chi connectivity index (χ0v) is 22.5. The molecule has 0 amide bonds. The number of para-hydroxylation sites is 1. The molecular weight excluding hydrogens is 537 g/mol. The van der Waals surface area contributed by atoms with Crippen LogP contribution in [0.4, 0.5) is 5.82 Å². The second kappa shape index (κ2) is 11.7. The van der Waals surface area contributed by atoms with Gasteiger partial charge in [0.05, 0.1) is 6.61 Å². The molecule has 2 heterocycles. The molecule has 212 valence electrons. The first kappa shape index (κ1) is 30.1. The molecule has 0 aliphatic carbocycles. The van der Waals surface area contributed by atoms with Gasteiger partial charge in [0.2, 0.25) is 5.72 Å². The Morgan fingerprint density at radius 3 is 2.62 bits per heavy atom. The van der Waals surface area contributed by atoms with Crippen LogP contribution in [0.1, 0.15) is 33.9 Å². The number of aliphatic hydroxyl groups is 2. The third-order valence-electron chi connectivity index (χ3n) is 5.26. The van der Waals surface area contributed by atoms with E-state index in [0.29, 0.717) is 0 Å². The number of aromatic nitrogens is 2. The number of aliphatic hydroxyl groups excluding tert-OH is 2. The number of nitrogen functional groups attached to an aromatic ring is 1. The van der Waals surface area contributed by atoms with Gasteiger partial charge < -0.3 is 29.9 Å². The molecule has 5 N–H and O–H groups in total. The maximum Gasteiger partial charge on any atom is 0.459 e. The van der Waals surface area contributed by atoms with Gasteiger partial charge in [-0.3, -0.25) is 13.9 Å². The summed E-state index contributed by atoms with van der Waals surface area (Å²) in [6.45, 7) is 5.38. The predicted molar refractivity (Wildman–Crippen MR) is 136 cm³/mol. The van der Waals surface area contributed by atoms with Crippen molar-refractivity contribution in [1.82, 2.24) is 14.6 Å². The Morgan fingerprint density at radius 2 is 2.03 bits per heavy atom. The van der Waals surface area contributed by atoms with Crippen molar-refractivity contribution in [3.05, 3.63) is 63.5 Å². The van der Waals surface area contributed by atoms with Crippen molar-refractivity contribution < 1.29 is 38.1 Å². The predicted octanol–water partition coefficient (Wildman–Crippen LogP) is 1.61.